The minimum atomic E-state index is -0.293. The van der Waals surface area contributed by atoms with Crippen molar-refractivity contribution in [2.75, 3.05) is 0 Å². The Morgan fingerprint density at radius 1 is 0.810 bits per heavy atom. The summed E-state index contributed by atoms with van der Waals surface area (Å²) in [7, 11) is 0. The molecule has 21 heavy (non-hydrogen) atoms. The van der Waals surface area contributed by atoms with Crippen LogP contribution in [0.4, 0.5) is 0 Å². The topological polar surface area (TPSA) is 9.23 Å². The summed E-state index contributed by atoms with van der Waals surface area (Å²) in [4.78, 5) is 0. The number of rotatable bonds is 2. The summed E-state index contributed by atoms with van der Waals surface area (Å²) in [6, 6.07) is 0. The van der Waals surface area contributed by atoms with Crippen LogP contribution in [0.2, 0.25) is 0 Å². The Balaban J connectivity index is 2.70. The van der Waals surface area contributed by atoms with Crippen LogP contribution in [0.15, 0.2) is 70.9 Å². The number of allylic oxidation sites excluding steroid dienone is 8. The van der Waals surface area contributed by atoms with Gasteiger partial charge in [0.1, 0.15) is 0 Å². The molecule has 1 aliphatic carbocycles. The van der Waals surface area contributed by atoms with E-state index in [4.69, 9.17) is 4.74 Å². The normalized spacial score (nSPS) is 27.9. The molecule has 0 N–H and O–H groups in total. The van der Waals surface area contributed by atoms with E-state index in [1.54, 1.807) is 0 Å². The van der Waals surface area contributed by atoms with Crippen molar-refractivity contribution >= 4 is 0 Å². The Bertz CT molecular complexity index is 631. The summed E-state index contributed by atoms with van der Waals surface area (Å²) < 4.78 is 6.27. The number of fused-ring (bicyclic) bond motifs is 1. The predicted octanol–water partition coefficient (Wildman–Crippen LogP) is 5.45. The fourth-order valence-corrected chi connectivity index (χ4v) is 3.04. The first-order valence-corrected chi connectivity index (χ1v) is 7.43. The molecule has 1 aliphatic heterocycles. The molecular weight excluding hydrogens is 256 g/mol. The van der Waals surface area contributed by atoms with E-state index in [1.807, 2.05) is 13.8 Å². The van der Waals surface area contributed by atoms with Crippen molar-refractivity contribution in [1.29, 1.82) is 0 Å². The van der Waals surface area contributed by atoms with Gasteiger partial charge in [0.2, 0.25) is 0 Å². The van der Waals surface area contributed by atoms with Crippen molar-refractivity contribution < 1.29 is 4.74 Å². The number of hydrogen-bond donors (Lipinski definition) is 0. The van der Waals surface area contributed by atoms with Crippen molar-refractivity contribution in [2.24, 2.45) is 0 Å². The minimum Gasteiger partial charge on any atom is -0.360 e. The van der Waals surface area contributed by atoms with Gasteiger partial charge < -0.3 is 4.74 Å². The van der Waals surface area contributed by atoms with E-state index >= 15 is 0 Å². The molecule has 112 valence electrons. The molecule has 2 aliphatic rings. The summed E-state index contributed by atoms with van der Waals surface area (Å²) in [6.07, 6.45) is 8.70. The molecule has 1 heterocycles. The van der Waals surface area contributed by atoms with Crippen molar-refractivity contribution in [3.63, 3.8) is 0 Å². The average Bonchev–Trinajstić information content (AvgIpc) is 2.40. The molecule has 1 saturated heterocycles. The Kier molecular flexibility index (Phi) is 3.75. The van der Waals surface area contributed by atoms with E-state index < -0.39 is 0 Å². The van der Waals surface area contributed by atoms with Gasteiger partial charge in [-0.25, -0.2) is 0 Å². The second kappa shape index (κ2) is 4.99. The van der Waals surface area contributed by atoms with Gasteiger partial charge in [0.15, 0.2) is 0 Å². The first kappa shape index (κ1) is 15.8. The zero-order valence-electron chi connectivity index (χ0n) is 14.1. The average molecular weight is 282 g/mol. The highest BCUT2D eigenvalue weighted by Gasteiger charge is 2.45. The van der Waals surface area contributed by atoms with Crippen molar-refractivity contribution in [2.45, 2.75) is 52.7 Å². The maximum atomic E-state index is 6.27. The summed E-state index contributed by atoms with van der Waals surface area (Å²) in [5.41, 5.74) is 6.27. The third kappa shape index (κ3) is 2.89. The summed E-state index contributed by atoms with van der Waals surface area (Å²) in [5.74, 6) is 0. The van der Waals surface area contributed by atoms with Crippen LogP contribution in [-0.2, 0) is 4.74 Å². The van der Waals surface area contributed by atoms with Crippen LogP contribution >= 0.6 is 0 Å². The Morgan fingerprint density at radius 3 is 1.86 bits per heavy atom. The lowest BCUT2D eigenvalue weighted by Gasteiger charge is -2.23. The molecule has 0 unspecified atom stereocenters. The fraction of sp³-hybridized carbons (Fsp3) is 0.400. The van der Waals surface area contributed by atoms with E-state index in [9.17, 15) is 0 Å². The Morgan fingerprint density at radius 2 is 1.33 bits per heavy atom. The molecule has 1 heteroatoms. The van der Waals surface area contributed by atoms with Crippen LogP contribution in [0.1, 0.15) is 41.5 Å². The number of hydrogen-bond acceptors (Lipinski definition) is 1. The second-order valence-electron chi connectivity index (χ2n) is 7.04. The van der Waals surface area contributed by atoms with Crippen LogP contribution in [0.3, 0.4) is 0 Å². The largest absolute Gasteiger partial charge is 0.360 e. The lowest BCUT2D eigenvalue weighted by Crippen LogP contribution is -2.26. The molecule has 0 bridgehead atoms. The molecular formula is C20H26O. The van der Waals surface area contributed by atoms with Crippen LogP contribution in [0.25, 0.3) is 0 Å². The maximum Gasteiger partial charge on any atom is 0.0891 e. The van der Waals surface area contributed by atoms with Gasteiger partial charge in [0, 0.05) is 0 Å². The van der Waals surface area contributed by atoms with Crippen LogP contribution in [0.5, 0.6) is 0 Å². The second-order valence-corrected chi connectivity index (χ2v) is 7.04. The van der Waals surface area contributed by atoms with E-state index in [0.717, 1.165) is 22.3 Å². The molecule has 0 aromatic carbocycles. The zero-order valence-corrected chi connectivity index (χ0v) is 14.1. The van der Waals surface area contributed by atoms with Crippen molar-refractivity contribution in [1.82, 2.24) is 0 Å². The monoisotopic (exact) mass is 282 g/mol. The smallest absolute Gasteiger partial charge is 0.0891 e. The fourth-order valence-electron chi connectivity index (χ4n) is 3.04. The Hall–Kier alpha value is -1.60. The summed E-state index contributed by atoms with van der Waals surface area (Å²) in [5, 5.41) is 0. The minimum absolute atomic E-state index is 0.288. The van der Waals surface area contributed by atoms with Crippen molar-refractivity contribution in [3.8, 4) is 0 Å². The van der Waals surface area contributed by atoms with E-state index in [0.29, 0.717) is 0 Å². The third-order valence-corrected chi connectivity index (χ3v) is 4.12. The molecule has 0 spiro atoms. The molecule has 0 amide bonds. The predicted molar refractivity (Wildman–Crippen MR) is 91.2 cm³/mol. The quantitative estimate of drug-likeness (QED) is 0.655. The first-order chi connectivity index (χ1) is 9.54. The van der Waals surface area contributed by atoms with E-state index in [-0.39, 0.29) is 11.2 Å². The first-order valence-electron chi connectivity index (χ1n) is 7.43. The Labute approximate surface area is 129 Å². The highest BCUT2D eigenvalue weighted by molar-refractivity contribution is 5.59. The van der Waals surface area contributed by atoms with Crippen LogP contribution in [-0.4, -0.2) is 11.2 Å². The molecule has 0 aromatic heterocycles. The third-order valence-electron chi connectivity index (χ3n) is 4.12. The standard InChI is InChI=1S/C20H26O/c1-13(2)15-9-10-17-18(12-16(11-15)14(3)4)20(7,8)21-19(17,5)6/h9-12H,1,3H2,2,4-8H3/b10-9?,15-9?,15-11?,16-11?,16-12?,17-10+,18-12+. The zero-order chi connectivity index (χ0) is 16.0. The molecule has 2 rings (SSSR count). The van der Waals surface area contributed by atoms with E-state index in [2.05, 4.69) is 65.2 Å². The molecule has 0 radical (unpaired) electrons. The van der Waals surface area contributed by atoms with Gasteiger partial charge in [-0.15, -0.1) is 0 Å². The van der Waals surface area contributed by atoms with E-state index in [1.165, 1.54) is 11.1 Å². The van der Waals surface area contributed by atoms with Gasteiger partial charge in [0.25, 0.3) is 0 Å². The van der Waals surface area contributed by atoms with Gasteiger partial charge in [-0.2, -0.15) is 0 Å². The van der Waals surface area contributed by atoms with Gasteiger partial charge in [-0.3, -0.25) is 0 Å². The van der Waals surface area contributed by atoms with Crippen LogP contribution in [0, 0.1) is 0 Å². The number of ether oxygens (including phenoxy) is 1. The highest BCUT2D eigenvalue weighted by atomic mass is 16.5. The van der Waals surface area contributed by atoms with Crippen LogP contribution < -0.4 is 0 Å². The molecule has 0 saturated carbocycles. The molecule has 1 fully saturated rings. The van der Waals surface area contributed by atoms with Crippen molar-refractivity contribution in [3.05, 3.63) is 70.9 Å². The molecule has 0 atom stereocenters. The highest BCUT2D eigenvalue weighted by Crippen LogP contribution is 2.47. The SMILES string of the molecule is C=C(C)C1=C/C=C2\C(=C/C(C(=C)C)=C1)C(C)(C)OC2(C)C. The summed E-state index contributed by atoms with van der Waals surface area (Å²) in [6.45, 7) is 20.8. The van der Waals surface area contributed by atoms with Gasteiger partial charge >= 0.3 is 0 Å². The lowest BCUT2D eigenvalue weighted by atomic mass is 9.84. The molecule has 0 aromatic rings. The molecule has 1 nitrogen and oxygen atoms in total. The summed E-state index contributed by atoms with van der Waals surface area (Å²) >= 11 is 0. The van der Waals surface area contributed by atoms with Gasteiger partial charge in [-0.1, -0.05) is 36.5 Å². The lowest BCUT2D eigenvalue weighted by molar-refractivity contribution is -0.0456. The maximum absolute atomic E-state index is 6.27. The van der Waals surface area contributed by atoms with Gasteiger partial charge in [-0.05, 0) is 76.0 Å². The van der Waals surface area contributed by atoms with Gasteiger partial charge in [0.05, 0.1) is 11.2 Å².